The van der Waals surface area contributed by atoms with Crippen LogP contribution in [0.4, 0.5) is 0 Å². The number of rotatable bonds is 13. The van der Waals surface area contributed by atoms with Crippen molar-refractivity contribution in [3.8, 4) is 0 Å². The molecule has 0 aromatic rings. The SMILES string of the molecule is C=CCN(CC=C)CC1OC1/C=C/OCCOCC1CO1. The molecule has 5 nitrogen and oxygen atoms in total. The molecule has 2 aliphatic rings. The second-order valence-electron chi connectivity index (χ2n) is 5.16. The highest BCUT2D eigenvalue weighted by Gasteiger charge is 2.37. The van der Waals surface area contributed by atoms with Gasteiger partial charge in [-0.3, -0.25) is 4.90 Å². The molecule has 2 aliphatic heterocycles. The Kier molecular flexibility index (Phi) is 6.95. The van der Waals surface area contributed by atoms with E-state index in [0.717, 1.165) is 26.2 Å². The van der Waals surface area contributed by atoms with E-state index in [1.165, 1.54) is 0 Å². The zero-order chi connectivity index (χ0) is 14.9. The maximum absolute atomic E-state index is 5.58. The van der Waals surface area contributed by atoms with E-state index in [0.29, 0.717) is 25.9 Å². The average Bonchev–Trinajstić information content (AvgIpc) is 3.36. The molecular weight excluding hydrogens is 270 g/mol. The van der Waals surface area contributed by atoms with Crippen LogP contribution >= 0.6 is 0 Å². The van der Waals surface area contributed by atoms with Gasteiger partial charge < -0.3 is 18.9 Å². The first-order chi connectivity index (χ1) is 10.3. The summed E-state index contributed by atoms with van der Waals surface area (Å²) in [5.41, 5.74) is 0. The van der Waals surface area contributed by atoms with Crippen molar-refractivity contribution in [3.63, 3.8) is 0 Å². The maximum atomic E-state index is 5.58. The largest absolute Gasteiger partial charge is 0.499 e. The predicted octanol–water partition coefficient (Wildman–Crippen LogP) is 1.37. The highest BCUT2D eigenvalue weighted by molar-refractivity contribution is 5.02. The van der Waals surface area contributed by atoms with Crippen LogP contribution < -0.4 is 0 Å². The first-order valence-corrected chi connectivity index (χ1v) is 7.40. The topological polar surface area (TPSA) is 46.8 Å². The van der Waals surface area contributed by atoms with E-state index in [4.69, 9.17) is 18.9 Å². The zero-order valence-corrected chi connectivity index (χ0v) is 12.5. The monoisotopic (exact) mass is 295 g/mol. The third-order valence-corrected chi connectivity index (χ3v) is 3.25. The molecular formula is C16H25NO4. The van der Waals surface area contributed by atoms with Crippen molar-refractivity contribution in [2.24, 2.45) is 0 Å². The van der Waals surface area contributed by atoms with Gasteiger partial charge in [0.05, 0.1) is 26.1 Å². The summed E-state index contributed by atoms with van der Waals surface area (Å²) in [4.78, 5) is 2.24. The van der Waals surface area contributed by atoms with E-state index in [2.05, 4.69) is 18.1 Å². The van der Waals surface area contributed by atoms with Crippen molar-refractivity contribution in [1.29, 1.82) is 0 Å². The Morgan fingerprint density at radius 1 is 1.19 bits per heavy atom. The molecule has 0 spiro atoms. The van der Waals surface area contributed by atoms with Gasteiger partial charge in [0.2, 0.25) is 0 Å². The molecule has 2 saturated heterocycles. The van der Waals surface area contributed by atoms with Crippen LogP contribution in [0.25, 0.3) is 0 Å². The first-order valence-electron chi connectivity index (χ1n) is 7.40. The number of hydrogen-bond acceptors (Lipinski definition) is 5. The summed E-state index contributed by atoms with van der Waals surface area (Å²) >= 11 is 0. The summed E-state index contributed by atoms with van der Waals surface area (Å²) < 4.78 is 21.4. The minimum Gasteiger partial charge on any atom is -0.499 e. The fraction of sp³-hybridized carbons (Fsp3) is 0.625. The number of hydrogen-bond donors (Lipinski definition) is 0. The van der Waals surface area contributed by atoms with Gasteiger partial charge in [-0.05, 0) is 6.08 Å². The molecule has 2 fully saturated rings. The Bertz CT molecular complexity index is 344. The van der Waals surface area contributed by atoms with Crippen molar-refractivity contribution in [2.75, 3.05) is 46.1 Å². The van der Waals surface area contributed by atoms with Crippen LogP contribution in [0.5, 0.6) is 0 Å². The highest BCUT2D eigenvalue weighted by Crippen LogP contribution is 2.24. The van der Waals surface area contributed by atoms with Crippen molar-refractivity contribution in [3.05, 3.63) is 37.6 Å². The van der Waals surface area contributed by atoms with Gasteiger partial charge in [-0.25, -0.2) is 0 Å². The normalized spacial score (nSPS) is 27.0. The second-order valence-corrected chi connectivity index (χ2v) is 5.16. The van der Waals surface area contributed by atoms with E-state index in [9.17, 15) is 0 Å². The van der Waals surface area contributed by atoms with E-state index in [-0.39, 0.29) is 12.2 Å². The van der Waals surface area contributed by atoms with Crippen molar-refractivity contribution >= 4 is 0 Å². The lowest BCUT2D eigenvalue weighted by atomic mass is 10.3. The highest BCUT2D eigenvalue weighted by atomic mass is 16.6. The molecule has 3 unspecified atom stereocenters. The summed E-state index contributed by atoms with van der Waals surface area (Å²) in [7, 11) is 0. The lowest BCUT2D eigenvalue weighted by Gasteiger charge is -2.16. The average molecular weight is 295 g/mol. The van der Waals surface area contributed by atoms with Crippen LogP contribution in [0, 0.1) is 0 Å². The Hall–Kier alpha value is -1.14. The van der Waals surface area contributed by atoms with E-state index in [1.807, 2.05) is 18.2 Å². The Morgan fingerprint density at radius 3 is 2.62 bits per heavy atom. The molecule has 0 radical (unpaired) electrons. The summed E-state index contributed by atoms with van der Waals surface area (Å²) in [6, 6.07) is 0. The summed E-state index contributed by atoms with van der Waals surface area (Å²) in [6.07, 6.45) is 8.16. The lowest BCUT2D eigenvalue weighted by Crippen LogP contribution is -2.28. The summed E-state index contributed by atoms with van der Waals surface area (Å²) in [5.74, 6) is 0. The first kappa shape index (κ1) is 16.2. The van der Waals surface area contributed by atoms with Crippen LogP contribution in [-0.2, 0) is 18.9 Å². The predicted molar refractivity (Wildman–Crippen MR) is 81.1 cm³/mol. The molecule has 0 amide bonds. The Labute approximate surface area is 126 Å². The van der Waals surface area contributed by atoms with Crippen LogP contribution in [-0.4, -0.2) is 69.3 Å². The van der Waals surface area contributed by atoms with Crippen LogP contribution in [0.3, 0.4) is 0 Å². The third-order valence-electron chi connectivity index (χ3n) is 3.25. The third kappa shape index (κ3) is 6.91. The minimum atomic E-state index is 0.155. The Morgan fingerprint density at radius 2 is 1.95 bits per heavy atom. The van der Waals surface area contributed by atoms with Gasteiger partial charge in [0.25, 0.3) is 0 Å². The number of nitrogens with zero attached hydrogens (tertiary/aromatic N) is 1. The van der Waals surface area contributed by atoms with Gasteiger partial charge in [0.15, 0.2) is 0 Å². The molecule has 3 atom stereocenters. The van der Waals surface area contributed by atoms with Gasteiger partial charge in [0, 0.05) is 19.6 Å². The fourth-order valence-corrected chi connectivity index (χ4v) is 2.00. The van der Waals surface area contributed by atoms with Crippen LogP contribution in [0.1, 0.15) is 0 Å². The molecule has 118 valence electrons. The van der Waals surface area contributed by atoms with Gasteiger partial charge in [-0.15, -0.1) is 13.2 Å². The van der Waals surface area contributed by atoms with Gasteiger partial charge >= 0.3 is 0 Å². The van der Waals surface area contributed by atoms with Crippen molar-refractivity contribution in [2.45, 2.75) is 18.3 Å². The minimum absolute atomic E-state index is 0.155. The standard InChI is InChI=1S/C16H25NO4/c1-3-6-17(7-4-2)11-16-15(21-16)5-8-18-9-10-19-12-14-13-20-14/h3-5,8,14-16H,1-2,6-7,9-13H2/b8-5+. The van der Waals surface area contributed by atoms with E-state index < -0.39 is 0 Å². The lowest BCUT2D eigenvalue weighted by molar-refractivity contribution is 0.0745. The number of ether oxygens (including phenoxy) is 4. The smallest absolute Gasteiger partial charge is 0.111 e. The van der Waals surface area contributed by atoms with Crippen LogP contribution in [0.15, 0.2) is 37.6 Å². The van der Waals surface area contributed by atoms with E-state index >= 15 is 0 Å². The van der Waals surface area contributed by atoms with Gasteiger partial charge in [-0.1, -0.05) is 12.2 Å². The zero-order valence-electron chi connectivity index (χ0n) is 12.5. The maximum Gasteiger partial charge on any atom is 0.111 e. The molecule has 21 heavy (non-hydrogen) atoms. The second kappa shape index (κ2) is 9.00. The fourth-order valence-electron chi connectivity index (χ4n) is 2.00. The molecule has 0 N–H and O–H groups in total. The molecule has 0 aliphatic carbocycles. The van der Waals surface area contributed by atoms with Crippen molar-refractivity contribution < 1.29 is 18.9 Å². The quantitative estimate of drug-likeness (QED) is 0.222. The molecule has 2 rings (SSSR count). The van der Waals surface area contributed by atoms with Gasteiger partial charge in [0.1, 0.15) is 24.9 Å². The number of epoxide rings is 2. The van der Waals surface area contributed by atoms with Crippen molar-refractivity contribution in [1.82, 2.24) is 4.90 Å². The molecule has 0 aromatic carbocycles. The molecule has 0 aromatic heterocycles. The summed E-state index contributed by atoms with van der Waals surface area (Å²) in [5, 5.41) is 0. The molecule has 0 saturated carbocycles. The molecule has 5 heteroatoms. The Balaban J connectivity index is 1.48. The van der Waals surface area contributed by atoms with Gasteiger partial charge in [-0.2, -0.15) is 0 Å². The summed E-state index contributed by atoms with van der Waals surface area (Å²) in [6.45, 7) is 12.7. The van der Waals surface area contributed by atoms with Crippen LogP contribution in [0.2, 0.25) is 0 Å². The molecule has 2 heterocycles. The molecule has 0 bridgehead atoms. The van der Waals surface area contributed by atoms with E-state index in [1.54, 1.807) is 6.26 Å².